The van der Waals surface area contributed by atoms with E-state index in [4.69, 9.17) is 30.7 Å². The molecule has 0 aliphatic rings. The Labute approximate surface area is 253 Å². The fourth-order valence-electron chi connectivity index (χ4n) is 4.07. The number of rotatable bonds is 10. The van der Waals surface area contributed by atoms with Crippen LogP contribution < -0.4 is 4.74 Å². The third kappa shape index (κ3) is 12.3. The lowest BCUT2D eigenvalue weighted by molar-refractivity contribution is -0.191. The number of nitrogens with zero attached hydrogens (tertiary/aromatic N) is 1. The average Bonchev–Trinajstić information content (AvgIpc) is 2.90. The third-order valence-electron chi connectivity index (χ3n) is 6.16. The zero-order chi connectivity index (χ0) is 31.3. The Balaban J connectivity index is 0.00000197. The summed E-state index contributed by atoms with van der Waals surface area (Å²) in [5, 5.41) is 0.558. The normalized spacial score (nSPS) is 11.0. The molecule has 0 atom stereocenters. The maximum atomic E-state index is 13.4. The van der Waals surface area contributed by atoms with Gasteiger partial charge in [-0.1, -0.05) is 93.0 Å². The zero-order valence-electron chi connectivity index (χ0n) is 25.2. The number of ether oxygens (including phenoxy) is 2. The highest BCUT2D eigenvalue weighted by Crippen LogP contribution is 2.25. The minimum Gasteiger partial charge on any atom is -0.489 e. The van der Waals surface area contributed by atoms with E-state index in [0.717, 1.165) is 22.3 Å². The van der Waals surface area contributed by atoms with Crippen LogP contribution in [0.15, 0.2) is 72.8 Å². The number of esters is 1. The smallest absolute Gasteiger partial charge is 0.373 e. The standard InChI is InChI=1S/C33H40ClNO4.CO2/c1-32(2,3)27-14-10-13-25(19-27)20-30(36)35(22-31(37)39-33(4,5)6)18-17-26-15-16-28(21-29(26)34)38-23-24-11-8-7-9-12-24;2-1-3/h7-16,19,21H,17-18,20,22-23H2,1-6H3;. The molecule has 42 heavy (non-hydrogen) atoms. The first-order chi connectivity index (χ1) is 19.7. The first-order valence-electron chi connectivity index (χ1n) is 13.8. The molecule has 8 heteroatoms. The summed E-state index contributed by atoms with van der Waals surface area (Å²) in [6, 6.07) is 23.6. The molecule has 224 valence electrons. The molecule has 0 aromatic heterocycles. The minimum absolute atomic E-state index is 0.0248. The summed E-state index contributed by atoms with van der Waals surface area (Å²) < 4.78 is 11.4. The Morgan fingerprint density at radius 3 is 2.10 bits per heavy atom. The van der Waals surface area contributed by atoms with Gasteiger partial charge in [0.25, 0.3) is 0 Å². The second-order valence-corrected chi connectivity index (χ2v) is 12.3. The van der Waals surface area contributed by atoms with Crippen molar-refractivity contribution in [1.82, 2.24) is 4.90 Å². The van der Waals surface area contributed by atoms with Crippen LogP contribution in [-0.4, -0.2) is 41.6 Å². The molecule has 0 saturated carbocycles. The van der Waals surface area contributed by atoms with E-state index < -0.39 is 11.6 Å². The van der Waals surface area contributed by atoms with Crippen LogP contribution in [-0.2, 0) is 48.8 Å². The largest absolute Gasteiger partial charge is 0.489 e. The topological polar surface area (TPSA) is 90.0 Å². The molecule has 0 heterocycles. The number of halogens is 1. The molecule has 0 spiro atoms. The lowest BCUT2D eigenvalue weighted by atomic mass is 9.86. The molecule has 0 aliphatic carbocycles. The van der Waals surface area contributed by atoms with E-state index in [2.05, 4.69) is 32.9 Å². The molecule has 0 saturated heterocycles. The van der Waals surface area contributed by atoms with Gasteiger partial charge >= 0.3 is 12.1 Å². The van der Waals surface area contributed by atoms with Gasteiger partial charge in [0.15, 0.2) is 0 Å². The van der Waals surface area contributed by atoms with E-state index in [1.807, 2.05) is 75.4 Å². The fourth-order valence-corrected chi connectivity index (χ4v) is 4.34. The minimum atomic E-state index is -0.633. The molecule has 0 aliphatic heterocycles. The van der Waals surface area contributed by atoms with Crippen molar-refractivity contribution in [3.8, 4) is 5.75 Å². The van der Waals surface area contributed by atoms with Crippen LogP contribution in [0, 0.1) is 0 Å². The van der Waals surface area contributed by atoms with Crippen LogP contribution in [0.4, 0.5) is 0 Å². The van der Waals surface area contributed by atoms with Gasteiger partial charge in [0.05, 0.1) is 6.42 Å². The Bertz CT molecular complexity index is 1350. The van der Waals surface area contributed by atoms with Gasteiger partial charge in [-0.2, -0.15) is 9.59 Å². The van der Waals surface area contributed by atoms with E-state index in [1.165, 1.54) is 0 Å². The Hall–Kier alpha value is -3.93. The lowest BCUT2D eigenvalue weighted by Crippen LogP contribution is -2.40. The van der Waals surface area contributed by atoms with Crippen LogP contribution in [0.1, 0.15) is 63.8 Å². The van der Waals surface area contributed by atoms with Gasteiger partial charge in [-0.3, -0.25) is 9.59 Å². The van der Waals surface area contributed by atoms with Crippen molar-refractivity contribution in [3.63, 3.8) is 0 Å². The van der Waals surface area contributed by atoms with E-state index in [0.29, 0.717) is 30.3 Å². The monoisotopic (exact) mass is 593 g/mol. The van der Waals surface area contributed by atoms with Crippen LogP contribution >= 0.6 is 11.6 Å². The van der Waals surface area contributed by atoms with E-state index in [9.17, 15) is 9.59 Å². The predicted octanol–water partition coefficient (Wildman–Crippen LogP) is 6.59. The van der Waals surface area contributed by atoms with Gasteiger partial charge in [0.1, 0.15) is 24.5 Å². The van der Waals surface area contributed by atoms with Gasteiger partial charge in [-0.15, -0.1) is 0 Å². The third-order valence-corrected chi connectivity index (χ3v) is 6.52. The maximum Gasteiger partial charge on any atom is 0.373 e. The first-order valence-corrected chi connectivity index (χ1v) is 14.1. The van der Waals surface area contributed by atoms with E-state index >= 15 is 0 Å². The summed E-state index contributed by atoms with van der Waals surface area (Å²) in [6.07, 6.45) is 0.946. The Morgan fingerprint density at radius 2 is 1.50 bits per heavy atom. The Morgan fingerprint density at radius 1 is 0.857 bits per heavy atom. The highest BCUT2D eigenvalue weighted by molar-refractivity contribution is 6.31. The van der Waals surface area contributed by atoms with Gasteiger partial charge in [-0.05, 0) is 67.0 Å². The molecule has 3 aromatic carbocycles. The molecule has 3 rings (SSSR count). The molecule has 0 fully saturated rings. The zero-order valence-corrected chi connectivity index (χ0v) is 26.0. The molecule has 0 unspecified atom stereocenters. The van der Waals surface area contributed by atoms with Gasteiger partial charge in [0, 0.05) is 11.6 Å². The summed E-state index contributed by atoms with van der Waals surface area (Å²) in [6.45, 7) is 12.5. The van der Waals surface area contributed by atoms with Crippen molar-refractivity contribution in [2.75, 3.05) is 13.1 Å². The van der Waals surface area contributed by atoms with Gasteiger partial charge < -0.3 is 14.4 Å². The van der Waals surface area contributed by atoms with Gasteiger partial charge in [-0.25, -0.2) is 0 Å². The van der Waals surface area contributed by atoms with Crippen molar-refractivity contribution in [3.05, 3.63) is 100 Å². The molecule has 3 aromatic rings. The summed E-state index contributed by atoms with van der Waals surface area (Å²) >= 11 is 6.58. The molecular weight excluding hydrogens is 554 g/mol. The highest BCUT2D eigenvalue weighted by Gasteiger charge is 2.23. The summed E-state index contributed by atoms with van der Waals surface area (Å²) in [4.78, 5) is 43.9. The quantitative estimate of drug-likeness (QED) is 0.246. The molecule has 0 bridgehead atoms. The molecule has 7 nitrogen and oxygen atoms in total. The van der Waals surface area contributed by atoms with Crippen LogP contribution in [0.25, 0.3) is 0 Å². The van der Waals surface area contributed by atoms with Crippen molar-refractivity contribution in [2.45, 2.75) is 72.0 Å². The molecule has 0 N–H and O–H groups in total. The number of benzene rings is 3. The number of hydrogen-bond donors (Lipinski definition) is 0. The summed E-state index contributed by atoms with van der Waals surface area (Å²) in [5.74, 6) is 0.105. The fraction of sp³-hybridized carbons (Fsp3) is 0.382. The van der Waals surface area contributed by atoms with Crippen LogP contribution in [0.5, 0.6) is 5.75 Å². The summed E-state index contributed by atoms with van der Waals surface area (Å²) in [5.41, 5.74) is 3.37. The number of carbonyl (C=O) groups excluding carboxylic acids is 4. The number of carbonyl (C=O) groups is 2. The maximum absolute atomic E-state index is 13.4. The van der Waals surface area contributed by atoms with Crippen molar-refractivity contribution >= 4 is 29.6 Å². The van der Waals surface area contributed by atoms with Crippen molar-refractivity contribution in [1.29, 1.82) is 0 Å². The lowest BCUT2D eigenvalue weighted by Gasteiger charge is -2.26. The predicted molar refractivity (Wildman–Crippen MR) is 162 cm³/mol. The van der Waals surface area contributed by atoms with Crippen molar-refractivity contribution < 1.29 is 28.7 Å². The van der Waals surface area contributed by atoms with Crippen LogP contribution in [0.2, 0.25) is 5.02 Å². The molecule has 0 radical (unpaired) electrons. The van der Waals surface area contributed by atoms with E-state index in [-0.39, 0.29) is 30.4 Å². The van der Waals surface area contributed by atoms with E-state index in [1.54, 1.807) is 11.0 Å². The van der Waals surface area contributed by atoms with Crippen LogP contribution in [0.3, 0.4) is 0 Å². The Kier molecular flexibility index (Phi) is 13.0. The average molecular weight is 594 g/mol. The molecule has 1 amide bonds. The summed E-state index contributed by atoms with van der Waals surface area (Å²) in [7, 11) is 0. The first kappa shape index (κ1) is 34.3. The second-order valence-electron chi connectivity index (χ2n) is 11.9. The molecular formula is C34H40ClNO6. The number of amides is 1. The van der Waals surface area contributed by atoms with Gasteiger partial charge in [0.2, 0.25) is 5.91 Å². The number of hydrogen-bond acceptors (Lipinski definition) is 6. The highest BCUT2D eigenvalue weighted by atomic mass is 35.5. The van der Waals surface area contributed by atoms with Crippen molar-refractivity contribution in [2.24, 2.45) is 0 Å². The second kappa shape index (κ2) is 15.9. The SMILES string of the molecule is CC(C)(C)OC(=O)CN(CCc1ccc(OCc2ccccc2)cc1Cl)C(=O)Cc1cccc(C(C)(C)C)c1.O=C=O.